The van der Waals surface area contributed by atoms with Crippen molar-refractivity contribution in [2.75, 3.05) is 13.1 Å². The number of nitrogens with one attached hydrogen (secondary N) is 1. The van der Waals surface area contributed by atoms with E-state index < -0.39 is 0 Å². The number of hydrogen-bond donors (Lipinski definition) is 1. The van der Waals surface area contributed by atoms with Crippen molar-refractivity contribution in [1.29, 1.82) is 0 Å². The average molecular weight is 319 g/mol. The minimum atomic E-state index is -0.0692. The Bertz CT molecular complexity index is 541. The quantitative estimate of drug-likeness (QED) is 0.842. The average Bonchev–Trinajstić information content (AvgIpc) is 3.28. The maximum atomic E-state index is 12.4. The lowest BCUT2D eigenvalue weighted by atomic mass is 9.96. The number of carbonyl (C=O) groups excluding carboxylic acids is 2. The van der Waals surface area contributed by atoms with Crippen LogP contribution in [0.15, 0.2) is 12.7 Å². The van der Waals surface area contributed by atoms with Gasteiger partial charge in [-0.05, 0) is 39.0 Å². The first-order valence-electron chi connectivity index (χ1n) is 8.55. The summed E-state index contributed by atoms with van der Waals surface area (Å²) in [4.78, 5) is 30.4. The van der Waals surface area contributed by atoms with Crippen LogP contribution < -0.4 is 5.32 Å². The number of hydrogen-bond acceptors (Lipinski definition) is 4. The van der Waals surface area contributed by atoms with Gasteiger partial charge in [0.25, 0.3) is 0 Å². The highest BCUT2D eigenvalue weighted by Gasteiger charge is 2.36. The fraction of sp³-hybridized carbons (Fsp3) is 0.750. The van der Waals surface area contributed by atoms with E-state index in [4.69, 9.17) is 0 Å². The summed E-state index contributed by atoms with van der Waals surface area (Å²) in [7, 11) is 0. The van der Waals surface area contributed by atoms with Gasteiger partial charge in [0.05, 0.1) is 5.92 Å². The van der Waals surface area contributed by atoms with Crippen LogP contribution in [0.25, 0.3) is 0 Å². The van der Waals surface area contributed by atoms with E-state index in [-0.39, 0.29) is 29.7 Å². The van der Waals surface area contributed by atoms with E-state index in [1.54, 1.807) is 11.0 Å². The molecule has 0 unspecified atom stereocenters. The van der Waals surface area contributed by atoms with Gasteiger partial charge in [0.1, 0.15) is 12.7 Å². The molecule has 7 heteroatoms. The molecule has 23 heavy (non-hydrogen) atoms. The summed E-state index contributed by atoms with van der Waals surface area (Å²) in [6.07, 6.45) is 7.83. The van der Waals surface area contributed by atoms with Crippen molar-refractivity contribution in [3.05, 3.63) is 12.7 Å². The second-order valence-corrected chi connectivity index (χ2v) is 6.75. The number of aryl methyl sites for hydroxylation is 1. The standard InChI is InChI=1S/C16H25N5O2/c1-12(6-8-21-11-17-10-18-21)19-15(22)14-3-2-7-20(9-14)16(23)13-4-5-13/h10-14H,2-9H2,1H3,(H,19,22)/t12-,14+/m0/s1. The van der Waals surface area contributed by atoms with Crippen LogP contribution in [-0.4, -0.2) is 50.6 Å². The first-order chi connectivity index (χ1) is 11.1. The monoisotopic (exact) mass is 319 g/mol. The number of aromatic nitrogens is 3. The van der Waals surface area contributed by atoms with E-state index >= 15 is 0 Å². The molecular weight excluding hydrogens is 294 g/mol. The molecule has 2 atom stereocenters. The molecule has 1 aliphatic heterocycles. The predicted molar refractivity (Wildman–Crippen MR) is 84.3 cm³/mol. The molecule has 2 aliphatic rings. The molecule has 1 aliphatic carbocycles. The smallest absolute Gasteiger partial charge is 0.225 e. The molecule has 0 aromatic carbocycles. The Morgan fingerprint density at radius 1 is 1.30 bits per heavy atom. The van der Waals surface area contributed by atoms with Crippen LogP contribution in [-0.2, 0) is 16.1 Å². The van der Waals surface area contributed by atoms with Gasteiger partial charge in [-0.1, -0.05) is 0 Å². The summed E-state index contributed by atoms with van der Waals surface area (Å²) in [5.41, 5.74) is 0. The fourth-order valence-electron chi connectivity index (χ4n) is 3.09. The summed E-state index contributed by atoms with van der Waals surface area (Å²) in [6, 6.07) is 0.0845. The van der Waals surface area contributed by atoms with E-state index in [1.807, 2.05) is 11.8 Å². The summed E-state index contributed by atoms with van der Waals surface area (Å²) in [5, 5.41) is 7.14. The van der Waals surface area contributed by atoms with Gasteiger partial charge in [-0.3, -0.25) is 14.3 Å². The van der Waals surface area contributed by atoms with Gasteiger partial charge < -0.3 is 10.2 Å². The van der Waals surface area contributed by atoms with Crippen molar-refractivity contribution in [3.8, 4) is 0 Å². The van der Waals surface area contributed by atoms with Crippen molar-refractivity contribution in [2.24, 2.45) is 11.8 Å². The lowest BCUT2D eigenvalue weighted by molar-refractivity contribution is -0.137. The Morgan fingerprint density at radius 2 is 2.13 bits per heavy atom. The zero-order chi connectivity index (χ0) is 16.2. The molecule has 2 amide bonds. The van der Waals surface area contributed by atoms with Crippen LogP contribution in [0, 0.1) is 11.8 Å². The molecule has 0 spiro atoms. The Kier molecular flexibility index (Phi) is 4.93. The maximum absolute atomic E-state index is 12.4. The van der Waals surface area contributed by atoms with Crippen molar-refractivity contribution in [2.45, 2.75) is 51.6 Å². The van der Waals surface area contributed by atoms with Gasteiger partial charge >= 0.3 is 0 Å². The lowest BCUT2D eigenvalue weighted by Crippen LogP contribution is -2.47. The largest absolute Gasteiger partial charge is 0.353 e. The van der Waals surface area contributed by atoms with Crippen molar-refractivity contribution in [3.63, 3.8) is 0 Å². The molecule has 2 fully saturated rings. The van der Waals surface area contributed by atoms with E-state index in [0.717, 1.165) is 45.2 Å². The van der Waals surface area contributed by atoms with Crippen LogP contribution >= 0.6 is 0 Å². The van der Waals surface area contributed by atoms with Crippen LogP contribution in [0.2, 0.25) is 0 Å². The highest BCUT2D eigenvalue weighted by molar-refractivity contribution is 5.83. The minimum absolute atomic E-state index is 0.0692. The third kappa shape index (κ3) is 4.30. The van der Waals surface area contributed by atoms with Gasteiger partial charge in [-0.15, -0.1) is 0 Å². The van der Waals surface area contributed by atoms with Crippen LogP contribution in [0.5, 0.6) is 0 Å². The Labute approximate surface area is 136 Å². The summed E-state index contributed by atoms with van der Waals surface area (Å²) >= 11 is 0. The van der Waals surface area contributed by atoms with Gasteiger partial charge in [-0.2, -0.15) is 5.10 Å². The molecule has 3 rings (SSSR count). The number of carbonyl (C=O) groups is 2. The van der Waals surface area contributed by atoms with Gasteiger partial charge in [0, 0.05) is 31.6 Å². The molecule has 0 radical (unpaired) electrons. The highest BCUT2D eigenvalue weighted by Crippen LogP contribution is 2.32. The third-order valence-electron chi connectivity index (χ3n) is 4.68. The normalized spacial score (nSPS) is 22.7. The van der Waals surface area contributed by atoms with Crippen LogP contribution in [0.4, 0.5) is 0 Å². The summed E-state index contributed by atoms with van der Waals surface area (Å²) in [6.45, 7) is 4.13. The van der Waals surface area contributed by atoms with Gasteiger partial charge in [-0.25, -0.2) is 4.98 Å². The maximum Gasteiger partial charge on any atom is 0.225 e. The van der Waals surface area contributed by atoms with E-state index in [9.17, 15) is 9.59 Å². The van der Waals surface area contributed by atoms with Crippen molar-refractivity contribution >= 4 is 11.8 Å². The summed E-state index contributed by atoms with van der Waals surface area (Å²) < 4.78 is 1.76. The number of piperidine rings is 1. The lowest BCUT2D eigenvalue weighted by Gasteiger charge is -2.32. The van der Waals surface area contributed by atoms with Crippen LogP contribution in [0.1, 0.15) is 39.0 Å². The third-order valence-corrected chi connectivity index (χ3v) is 4.68. The molecular formula is C16H25N5O2. The number of amides is 2. The molecule has 1 aromatic heterocycles. The molecule has 1 N–H and O–H groups in total. The number of rotatable bonds is 6. The van der Waals surface area contributed by atoms with E-state index in [1.165, 1.54) is 6.33 Å². The zero-order valence-corrected chi connectivity index (χ0v) is 13.6. The first-order valence-corrected chi connectivity index (χ1v) is 8.55. The molecule has 126 valence electrons. The fourth-order valence-corrected chi connectivity index (χ4v) is 3.09. The van der Waals surface area contributed by atoms with Gasteiger partial charge in [0.2, 0.25) is 11.8 Å². The Hall–Kier alpha value is -1.92. The van der Waals surface area contributed by atoms with Crippen molar-refractivity contribution < 1.29 is 9.59 Å². The van der Waals surface area contributed by atoms with Crippen molar-refractivity contribution in [1.82, 2.24) is 25.0 Å². The van der Waals surface area contributed by atoms with Crippen LogP contribution in [0.3, 0.4) is 0 Å². The Balaban J connectivity index is 1.44. The molecule has 1 aromatic rings. The first kappa shape index (κ1) is 16.0. The minimum Gasteiger partial charge on any atom is -0.353 e. The summed E-state index contributed by atoms with van der Waals surface area (Å²) in [5.74, 6) is 0.491. The molecule has 1 saturated heterocycles. The highest BCUT2D eigenvalue weighted by atomic mass is 16.2. The predicted octanol–water partition coefficient (Wildman–Crippen LogP) is 0.821. The second-order valence-electron chi connectivity index (χ2n) is 6.75. The number of likely N-dealkylation sites (tertiary alicyclic amines) is 1. The van der Waals surface area contributed by atoms with E-state index in [2.05, 4.69) is 15.4 Å². The second kappa shape index (κ2) is 7.10. The molecule has 1 saturated carbocycles. The van der Waals surface area contributed by atoms with Gasteiger partial charge in [0.15, 0.2) is 0 Å². The topological polar surface area (TPSA) is 80.1 Å². The molecule has 2 heterocycles. The number of nitrogens with zero attached hydrogens (tertiary/aromatic N) is 4. The molecule has 0 bridgehead atoms. The Morgan fingerprint density at radius 3 is 2.83 bits per heavy atom. The van der Waals surface area contributed by atoms with E-state index in [0.29, 0.717) is 6.54 Å². The zero-order valence-electron chi connectivity index (χ0n) is 13.6. The molecule has 7 nitrogen and oxygen atoms in total. The SMILES string of the molecule is C[C@@H](CCn1cncn1)NC(=O)[C@@H]1CCCN(C(=O)C2CC2)C1.